The van der Waals surface area contributed by atoms with E-state index in [9.17, 15) is 4.79 Å². The summed E-state index contributed by atoms with van der Waals surface area (Å²) >= 11 is 0. The number of anilines is 1. The maximum Gasteiger partial charge on any atom is 0.310 e. The summed E-state index contributed by atoms with van der Waals surface area (Å²) in [5.74, 6) is 1.73. The van der Waals surface area contributed by atoms with E-state index < -0.39 is 0 Å². The van der Waals surface area contributed by atoms with Gasteiger partial charge in [0.05, 0.1) is 19.1 Å². The van der Waals surface area contributed by atoms with E-state index in [-0.39, 0.29) is 11.9 Å². The van der Waals surface area contributed by atoms with Gasteiger partial charge in [-0.25, -0.2) is 9.98 Å². The van der Waals surface area contributed by atoms with Crippen molar-refractivity contribution in [3.8, 4) is 0 Å². The van der Waals surface area contributed by atoms with Crippen molar-refractivity contribution >= 4 is 17.7 Å². The predicted molar refractivity (Wildman–Crippen MR) is 124 cm³/mol. The highest BCUT2D eigenvalue weighted by Gasteiger charge is 2.28. The van der Waals surface area contributed by atoms with E-state index in [1.807, 2.05) is 19.2 Å². The molecule has 0 saturated carbocycles. The van der Waals surface area contributed by atoms with Crippen molar-refractivity contribution in [2.24, 2.45) is 10.9 Å². The second-order valence-electron chi connectivity index (χ2n) is 8.15. The number of ether oxygens (including phenoxy) is 1. The van der Waals surface area contributed by atoms with Crippen LogP contribution < -0.4 is 10.2 Å². The number of carbonyl (C=O) groups is 1. The van der Waals surface area contributed by atoms with Gasteiger partial charge in [-0.2, -0.15) is 0 Å². The van der Waals surface area contributed by atoms with Crippen LogP contribution in [-0.4, -0.2) is 85.7 Å². The summed E-state index contributed by atoms with van der Waals surface area (Å²) in [5.41, 5.74) is 1.15. The molecule has 2 aliphatic rings. The summed E-state index contributed by atoms with van der Waals surface area (Å²) in [7, 11) is 0. The molecule has 1 unspecified atom stereocenters. The topological polar surface area (TPSA) is 73.3 Å². The third-order valence-corrected chi connectivity index (χ3v) is 6.04. The van der Waals surface area contributed by atoms with Gasteiger partial charge in [0.15, 0.2) is 5.96 Å². The smallest absolute Gasteiger partial charge is 0.310 e. The lowest BCUT2D eigenvalue weighted by Crippen LogP contribution is -2.48. The summed E-state index contributed by atoms with van der Waals surface area (Å²) in [4.78, 5) is 28.7. The third kappa shape index (κ3) is 6.56. The summed E-state index contributed by atoms with van der Waals surface area (Å²) in [6, 6.07) is 4.20. The first-order chi connectivity index (χ1) is 15.1. The molecule has 0 bridgehead atoms. The number of guanidine groups is 1. The fourth-order valence-electron chi connectivity index (χ4n) is 4.24. The summed E-state index contributed by atoms with van der Waals surface area (Å²) in [5, 5.41) is 3.40. The Morgan fingerprint density at radius 3 is 2.74 bits per heavy atom. The number of likely N-dealkylation sites (tertiary alicyclic amines) is 1. The minimum absolute atomic E-state index is 0.0770. The van der Waals surface area contributed by atoms with Gasteiger partial charge in [-0.15, -0.1) is 0 Å². The molecule has 0 aliphatic carbocycles. The van der Waals surface area contributed by atoms with Gasteiger partial charge >= 0.3 is 5.97 Å². The molecule has 3 heterocycles. The van der Waals surface area contributed by atoms with Crippen LogP contribution in [0, 0.1) is 5.92 Å². The highest BCUT2D eigenvalue weighted by atomic mass is 16.5. The highest BCUT2D eigenvalue weighted by molar-refractivity contribution is 5.81. The average Bonchev–Trinajstić information content (AvgIpc) is 2.82. The fraction of sp³-hybridized carbons (Fsp3) is 0.696. The van der Waals surface area contributed by atoms with E-state index in [4.69, 9.17) is 9.73 Å². The molecule has 1 aromatic rings. The maximum atomic E-state index is 12.2. The number of nitrogens with one attached hydrogen (secondary N) is 1. The molecule has 1 N–H and O–H groups in total. The van der Waals surface area contributed by atoms with Gasteiger partial charge in [0.1, 0.15) is 5.82 Å². The van der Waals surface area contributed by atoms with Gasteiger partial charge in [-0.1, -0.05) is 6.92 Å². The molecule has 0 amide bonds. The second-order valence-corrected chi connectivity index (χ2v) is 8.15. The van der Waals surface area contributed by atoms with Crippen molar-refractivity contribution in [1.82, 2.24) is 20.1 Å². The minimum Gasteiger partial charge on any atom is -0.466 e. The van der Waals surface area contributed by atoms with Gasteiger partial charge in [0.25, 0.3) is 0 Å². The maximum absolute atomic E-state index is 12.2. The van der Waals surface area contributed by atoms with Gasteiger partial charge < -0.3 is 24.8 Å². The Hall–Kier alpha value is -2.35. The molecule has 1 aromatic heterocycles. The molecular formula is C23H38N6O2. The minimum atomic E-state index is -0.0926. The van der Waals surface area contributed by atoms with Crippen LogP contribution in [0.3, 0.4) is 0 Å². The summed E-state index contributed by atoms with van der Waals surface area (Å²) < 4.78 is 5.24. The molecule has 1 atom stereocenters. The first-order valence-electron chi connectivity index (χ1n) is 11.8. The Labute approximate surface area is 186 Å². The number of aliphatic imine (C=N–C) groups is 1. The second kappa shape index (κ2) is 11.9. The molecule has 0 aromatic carbocycles. The van der Waals surface area contributed by atoms with E-state index in [0.29, 0.717) is 19.7 Å². The van der Waals surface area contributed by atoms with E-state index in [1.54, 1.807) is 0 Å². The van der Waals surface area contributed by atoms with Gasteiger partial charge in [0.2, 0.25) is 0 Å². The lowest BCUT2D eigenvalue weighted by atomic mass is 9.98. The van der Waals surface area contributed by atoms with Crippen molar-refractivity contribution in [3.05, 3.63) is 23.9 Å². The lowest BCUT2D eigenvalue weighted by molar-refractivity contribution is -0.149. The number of hydrogen-bond acceptors (Lipinski definition) is 6. The Morgan fingerprint density at radius 1 is 1.23 bits per heavy atom. The van der Waals surface area contributed by atoms with Crippen LogP contribution in [-0.2, 0) is 16.1 Å². The quantitative estimate of drug-likeness (QED) is 0.403. The Bertz CT molecular complexity index is 733. The predicted octanol–water partition coefficient (Wildman–Crippen LogP) is 1.96. The molecule has 172 valence electrons. The molecule has 2 fully saturated rings. The zero-order chi connectivity index (χ0) is 22.1. The number of esters is 1. The molecule has 0 radical (unpaired) electrons. The van der Waals surface area contributed by atoms with Crippen LogP contribution >= 0.6 is 0 Å². The number of piperidine rings is 1. The number of carbonyl (C=O) groups excluding carboxylic acids is 1. The number of aromatic nitrogens is 1. The van der Waals surface area contributed by atoms with E-state index in [2.05, 4.69) is 44.9 Å². The van der Waals surface area contributed by atoms with Crippen LogP contribution in [0.1, 0.15) is 39.2 Å². The molecular weight excluding hydrogens is 392 g/mol. The van der Waals surface area contributed by atoms with Crippen molar-refractivity contribution in [3.63, 3.8) is 0 Å². The summed E-state index contributed by atoms with van der Waals surface area (Å²) in [6.45, 7) is 14.8. The van der Waals surface area contributed by atoms with Crippen molar-refractivity contribution < 1.29 is 9.53 Å². The van der Waals surface area contributed by atoms with Crippen LogP contribution in [0.2, 0.25) is 0 Å². The summed E-state index contributed by atoms with van der Waals surface area (Å²) in [6.07, 6.45) is 3.74. The number of likely N-dealkylation sites (N-methyl/N-ethyl adjacent to an activating group) is 1. The fourth-order valence-corrected chi connectivity index (χ4v) is 4.24. The van der Waals surface area contributed by atoms with Crippen LogP contribution in [0.15, 0.2) is 23.3 Å². The van der Waals surface area contributed by atoms with Crippen LogP contribution in [0.4, 0.5) is 5.82 Å². The SMILES string of the molecule is CCNC(=NCc1ccnc(N2CCN(CC)CC2)c1)N1CCCC(C(=O)OCC)C1. The zero-order valence-corrected chi connectivity index (χ0v) is 19.3. The van der Waals surface area contributed by atoms with Crippen LogP contribution in [0.5, 0.6) is 0 Å². The normalized spacial score (nSPS) is 20.6. The molecule has 2 saturated heterocycles. The van der Waals surface area contributed by atoms with Crippen molar-refractivity contribution in [2.75, 3.05) is 63.9 Å². The first kappa shape index (κ1) is 23.3. The molecule has 8 heteroatoms. The monoisotopic (exact) mass is 430 g/mol. The van der Waals surface area contributed by atoms with Gasteiger partial charge in [-0.3, -0.25) is 4.79 Å². The lowest BCUT2D eigenvalue weighted by Gasteiger charge is -2.35. The van der Waals surface area contributed by atoms with E-state index in [1.165, 1.54) is 0 Å². The molecule has 31 heavy (non-hydrogen) atoms. The third-order valence-electron chi connectivity index (χ3n) is 6.04. The zero-order valence-electron chi connectivity index (χ0n) is 19.3. The largest absolute Gasteiger partial charge is 0.466 e. The number of piperazine rings is 1. The Morgan fingerprint density at radius 2 is 2.03 bits per heavy atom. The number of pyridine rings is 1. The molecule has 0 spiro atoms. The van der Waals surface area contributed by atoms with Crippen molar-refractivity contribution in [1.29, 1.82) is 0 Å². The van der Waals surface area contributed by atoms with E-state index >= 15 is 0 Å². The standard InChI is InChI=1S/C23H38N6O2/c1-4-24-23(29-11-7-8-20(18-29)22(30)31-6-3)26-17-19-9-10-25-21(16-19)28-14-12-27(5-2)13-15-28/h9-10,16,20H,4-8,11-15,17-18H2,1-3H3,(H,24,26). The highest BCUT2D eigenvalue weighted by Crippen LogP contribution is 2.19. The number of hydrogen-bond donors (Lipinski definition) is 1. The average molecular weight is 431 g/mol. The van der Waals surface area contributed by atoms with E-state index in [0.717, 1.165) is 76.0 Å². The number of rotatable bonds is 7. The van der Waals surface area contributed by atoms with Gasteiger partial charge in [0, 0.05) is 52.0 Å². The molecule has 3 rings (SSSR count). The Kier molecular flexibility index (Phi) is 8.94. The Balaban J connectivity index is 1.64. The number of nitrogens with zero attached hydrogens (tertiary/aromatic N) is 5. The van der Waals surface area contributed by atoms with Gasteiger partial charge in [-0.05, 0) is 50.9 Å². The van der Waals surface area contributed by atoms with Crippen molar-refractivity contribution in [2.45, 2.75) is 40.2 Å². The molecule has 8 nitrogen and oxygen atoms in total. The first-order valence-corrected chi connectivity index (χ1v) is 11.8. The van der Waals surface area contributed by atoms with Crippen LogP contribution in [0.25, 0.3) is 0 Å². The molecule has 2 aliphatic heterocycles.